The fourth-order valence-corrected chi connectivity index (χ4v) is 7.71. The highest BCUT2D eigenvalue weighted by Gasteiger charge is 2.38. The Hall–Kier alpha value is -1.28. The number of ether oxygens (including phenoxy) is 1. The van der Waals surface area contributed by atoms with Crippen LogP contribution in [0.3, 0.4) is 0 Å². The lowest BCUT2D eigenvalue weighted by molar-refractivity contribution is 0.418. The number of hydrogen-bond acceptors (Lipinski definition) is 1. The molecule has 0 saturated heterocycles. The molecule has 1 aliphatic rings. The fourth-order valence-electron chi connectivity index (χ4n) is 3.68. The lowest BCUT2D eigenvalue weighted by Gasteiger charge is -2.31. The van der Waals surface area contributed by atoms with Gasteiger partial charge >= 0.3 is 0 Å². The molecule has 0 bridgehead atoms. The van der Waals surface area contributed by atoms with Crippen LogP contribution in [-0.4, -0.2) is 15.2 Å². The molecule has 0 fully saturated rings. The zero-order valence-corrected chi connectivity index (χ0v) is 14.8. The Morgan fingerprint density at radius 1 is 1.00 bits per heavy atom. The molecule has 1 unspecified atom stereocenters. The average Bonchev–Trinajstić information content (AvgIpc) is 2.63. The minimum Gasteiger partial charge on any atom is -0.497 e. The molecule has 108 valence electrons. The van der Waals surface area contributed by atoms with Gasteiger partial charge in [0.05, 0.1) is 7.11 Å². The highest BCUT2D eigenvalue weighted by molar-refractivity contribution is 6.96. The minimum absolute atomic E-state index is 0.571. The third-order valence-corrected chi connectivity index (χ3v) is 9.01. The zero-order valence-electron chi connectivity index (χ0n) is 13.8. The first-order valence-corrected chi connectivity index (χ1v) is 10.3. The van der Waals surface area contributed by atoms with E-state index in [1.54, 1.807) is 12.3 Å². The Balaban J connectivity index is 2.57. The van der Waals surface area contributed by atoms with E-state index in [1.807, 2.05) is 0 Å². The predicted molar refractivity (Wildman–Crippen MR) is 90.3 cm³/mol. The van der Waals surface area contributed by atoms with Gasteiger partial charge in [-0.3, -0.25) is 0 Å². The molecule has 0 saturated carbocycles. The molecule has 1 aromatic carbocycles. The maximum Gasteiger partial charge on any atom is 0.118 e. The summed E-state index contributed by atoms with van der Waals surface area (Å²) in [5.74, 6) is 1.61. The van der Waals surface area contributed by atoms with Gasteiger partial charge in [0.1, 0.15) is 13.8 Å². The van der Waals surface area contributed by atoms with E-state index in [0.717, 1.165) is 5.75 Å². The van der Waals surface area contributed by atoms with Crippen molar-refractivity contribution in [1.29, 1.82) is 0 Å². The van der Waals surface area contributed by atoms with Crippen molar-refractivity contribution in [3.05, 3.63) is 46.2 Å². The molecule has 0 aromatic heterocycles. The first kappa shape index (κ1) is 15.1. The number of allylic oxidation sites excluding steroid dienone is 4. The number of benzene rings is 1. The molecule has 1 atom stereocenters. The van der Waals surface area contributed by atoms with Crippen LogP contribution >= 0.6 is 0 Å². The van der Waals surface area contributed by atoms with E-state index in [-0.39, 0.29) is 0 Å². The average molecular weight is 286 g/mol. The number of methoxy groups -OCH3 is 1. The molecular formula is C18H26OSi. The largest absolute Gasteiger partial charge is 0.497 e. The SMILES string of the molecule is COc1ccccc1[Si](C)(C)C1=C(C)C(C)=C(C)C1C. The first-order chi connectivity index (χ1) is 9.32. The third-order valence-electron chi connectivity index (χ3n) is 5.09. The summed E-state index contributed by atoms with van der Waals surface area (Å²) in [4.78, 5) is 0. The number of para-hydroxylation sites is 1. The molecule has 1 aliphatic carbocycles. The molecule has 20 heavy (non-hydrogen) atoms. The molecule has 0 spiro atoms. The van der Waals surface area contributed by atoms with E-state index >= 15 is 0 Å². The summed E-state index contributed by atoms with van der Waals surface area (Å²) in [6.07, 6.45) is 0. The predicted octanol–water partition coefficient (Wildman–Crippen LogP) is 4.45. The Morgan fingerprint density at radius 2 is 1.60 bits per heavy atom. The topological polar surface area (TPSA) is 9.23 Å². The van der Waals surface area contributed by atoms with Crippen molar-refractivity contribution in [2.45, 2.75) is 40.8 Å². The molecule has 2 heteroatoms. The van der Waals surface area contributed by atoms with E-state index in [1.165, 1.54) is 21.9 Å². The lowest BCUT2D eigenvalue weighted by Crippen LogP contribution is -2.46. The normalized spacial score (nSPS) is 19.9. The van der Waals surface area contributed by atoms with Gasteiger partial charge < -0.3 is 4.74 Å². The molecule has 0 amide bonds. The van der Waals surface area contributed by atoms with Crippen molar-refractivity contribution in [2.75, 3.05) is 7.11 Å². The maximum absolute atomic E-state index is 5.61. The molecule has 0 N–H and O–H groups in total. The van der Waals surface area contributed by atoms with Gasteiger partial charge in [-0.25, -0.2) is 0 Å². The quantitative estimate of drug-likeness (QED) is 0.746. The van der Waals surface area contributed by atoms with Gasteiger partial charge in [-0.2, -0.15) is 0 Å². The van der Waals surface area contributed by atoms with Crippen molar-refractivity contribution in [1.82, 2.24) is 0 Å². The van der Waals surface area contributed by atoms with E-state index in [4.69, 9.17) is 4.74 Å². The van der Waals surface area contributed by atoms with Gasteiger partial charge in [-0.05, 0) is 43.5 Å². The second-order valence-electron chi connectivity index (χ2n) is 6.39. The molecular weight excluding hydrogens is 260 g/mol. The second kappa shape index (κ2) is 5.25. The van der Waals surface area contributed by atoms with Gasteiger partial charge in [0.15, 0.2) is 0 Å². The number of hydrogen-bond donors (Lipinski definition) is 0. The van der Waals surface area contributed by atoms with Crippen molar-refractivity contribution in [2.24, 2.45) is 5.92 Å². The molecule has 1 aromatic rings. The minimum atomic E-state index is -1.71. The van der Waals surface area contributed by atoms with Crippen LogP contribution in [0.15, 0.2) is 46.2 Å². The fraction of sp³-hybridized carbons (Fsp3) is 0.444. The molecule has 1 nitrogen and oxygen atoms in total. The first-order valence-electron chi connectivity index (χ1n) is 7.34. The summed E-state index contributed by atoms with van der Waals surface area (Å²) in [6.45, 7) is 14.1. The smallest absolute Gasteiger partial charge is 0.118 e. The second-order valence-corrected chi connectivity index (χ2v) is 10.7. The van der Waals surface area contributed by atoms with Gasteiger partial charge in [0.2, 0.25) is 0 Å². The van der Waals surface area contributed by atoms with Crippen LogP contribution in [0.2, 0.25) is 13.1 Å². The van der Waals surface area contributed by atoms with E-state index < -0.39 is 8.07 Å². The van der Waals surface area contributed by atoms with E-state index in [2.05, 4.69) is 65.1 Å². The summed E-state index contributed by atoms with van der Waals surface area (Å²) < 4.78 is 5.61. The van der Waals surface area contributed by atoms with Crippen molar-refractivity contribution >= 4 is 13.3 Å². The maximum atomic E-state index is 5.61. The lowest BCUT2D eigenvalue weighted by atomic mass is 10.1. The van der Waals surface area contributed by atoms with Crippen LogP contribution in [0.4, 0.5) is 0 Å². The van der Waals surface area contributed by atoms with Crippen molar-refractivity contribution < 1.29 is 4.74 Å². The van der Waals surface area contributed by atoms with Gasteiger partial charge in [0, 0.05) is 0 Å². The highest BCUT2D eigenvalue weighted by atomic mass is 28.3. The Labute approximate surface area is 124 Å². The van der Waals surface area contributed by atoms with Gasteiger partial charge in [-0.1, -0.05) is 54.6 Å². The van der Waals surface area contributed by atoms with Crippen LogP contribution in [0.1, 0.15) is 27.7 Å². The third kappa shape index (κ3) is 2.16. The van der Waals surface area contributed by atoms with Gasteiger partial charge in [0.25, 0.3) is 0 Å². The van der Waals surface area contributed by atoms with Crippen LogP contribution < -0.4 is 9.92 Å². The van der Waals surface area contributed by atoms with Crippen molar-refractivity contribution in [3.63, 3.8) is 0 Å². The van der Waals surface area contributed by atoms with E-state index in [0.29, 0.717) is 5.92 Å². The van der Waals surface area contributed by atoms with Crippen LogP contribution in [0, 0.1) is 5.92 Å². The summed E-state index contributed by atoms with van der Waals surface area (Å²) in [7, 11) is 0.0665. The summed E-state index contributed by atoms with van der Waals surface area (Å²) in [5.41, 5.74) is 4.54. The molecule has 2 rings (SSSR count). The monoisotopic (exact) mass is 286 g/mol. The van der Waals surface area contributed by atoms with Crippen LogP contribution in [-0.2, 0) is 0 Å². The molecule has 0 aliphatic heterocycles. The molecule has 0 heterocycles. The summed E-state index contributed by atoms with van der Waals surface area (Å²) >= 11 is 0. The van der Waals surface area contributed by atoms with E-state index in [9.17, 15) is 0 Å². The zero-order chi connectivity index (χ0) is 15.1. The summed E-state index contributed by atoms with van der Waals surface area (Å²) in [5, 5.41) is 3.07. The Morgan fingerprint density at radius 3 is 2.10 bits per heavy atom. The molecule has 0 radical (unpaired) electrons. The Kier molecular flexibility index (Phi) is 3.97. The Bertz CT molecular complexity index is 593. The number of rotatable bonds is 3. The van der Waals surface area contributed by atoms with Crippen LogP contribution in [0.25, 0.3) is 0 Å². The standard InChI is InChI=1S/C18H26OSi/c1-12-13(2)15(4)18(14(12)3)20(6,7)17-11-9-8-10-16(17)19-5/h8-11,14H,1-7H3. The highest BCUT2D eigenvalue weighted by Crippen LogP contribution is 2.41. The van der Waals surface area contributed by atoms with Crippen LogP contribution in [0.5, 0.6) is 5.75 Å². The van der Waals surface area contributed by atoms with Crippen molar-refractivity contribution in [3.8, 4) is 5.75 Å². The van der Waals surface area contributed by atoms with Gasteiger partial charge in [-0.15, -0.1) is 0 Å². The summed E-state index contributed by atoms with van der Waals surface area (Å²) in [6, 6.07) is 8.53.